The fourth-order valence-electron chi connectivity index (χ4n) is 7.89. The van der Waals surface area contributed by atoms with Gasteiger partial charge in [-0.1, -0.05) is 127 Å². The Labute approximate surface area is 307 Å². The quantitative estimate of drug-likeness (QED) is 0.179. The van der Waals surface area contributed by atoms with Gasteiger partial charge in [0, 0.05) is 43.7 Å². The molecule has 0 N–H and O–H groups in total. The van der Waals surface area contributed by atoms with Gasteiger partial charge in [-0.3, -0.25) is 0 Å². The van der Waals surface area contributed by atoms with E-state index in [-0.39, 0.29) is 16.8 Å². The van der Waals surface area contributed by atoms with Gasteiger partial charge < -0.3 is 13.7 Å². The van der Waals surface area contributed by atoms with Crippen LogP contribution in [0.25, 0.3) is 93.6 Å². The van der Waals surface area contributed by atoms with Gasteiger partial charge in [0.15, 0.2) is 0 Å². The SMILES string of the molecule is [2H]c1c([2H])c([2H])c(-c2c([2H])c([2H])c(-n3c4ccccc4c4cc(-n5c6ccccc6c6cccc(-n7c8ccccc8c8ccccc87)c65)ccc43)c([2H])c2[2H])c([2H])c1[2H]. The molecule has 0 spiro atoms. The molecule has 0 aliphatic heterocycles. The summed E-state index contributed by atoms with van der Waals surface area (Å²) in [5, 5.41) is 6.19. The van der Waals surface area contributed by atoms with Gasteiger partial charge in [-0.25, -0.2) is 0 Å². The Morgan fingerprint density at radius 1 is 0.333 bits per heavy atom. The van der Waals surface area contributed by atoms with Crippen LogP contribution in [0, 0.1) is 0 Å². The summed E-state index contributed by atoms with van der Waals surface area (Å²) in [5.74, 6) is 0. The Morgan fingerprint density at radius 2 is 0.824 bits per heavy atom. The lowest BCUT2D eigenvalue weighted by atomic mass is 10.1. The maximum Gasteiger partial charge on any atom is 0.0782 e. The molecule has 0 radical (unpaired) electrons. The van der Waals surface area contributed by atoms with Crippen LogP contribution in [0.4, 0.5) is 0 Å². The summed E-state index contributed by atoms with van der Waals surface area (Å²) in [6.07, 6.45) is 0. The van der Waals surface area contributed by atoms with Gasteiger partial charge in [0.05, 0.1) is 51.1 Å². The largest absolute Gasteiger partial charge is 0.309 e. The van der Waals surface area contributed by atoms with Crippen molar-refractivity contribution < 1.29 is 12.3 Å². The highest BCUT2D eigenvalue weighted by molar-refractivity contribution is 6.16. The zero-order valence-electron chi connectivity index (χ0n) is 36.0. The highest BCUT2D eigenvalue weighted by Crippen LogP contribution is 2.41. The molecule has 3 nitrogen and oxygen atoms in total. The summed E-state index contributed by atoms with van der Waals surface area (Å²) >= 11 is 0. The molecule has 0 aliphatic rings. The summed E-state index contributed by atoms with van der Waals surface area (Å²) in [6.45, 7) is 0. The topological polar surface area (TPSA) is 14.8 Å². The molecule has 3 heterocycles. The van der Waals surface area contributed by atoms with E-state index in [0.717, 1.165) is 65.8 Å². The first-order valence-corrected chi connectivity index (χ1v) is 16.8. The Bertz CT molecular complexity index is 3560. The van der Waals surface area contributed by atoms with Gasteiger partial charge in [-0.15, -0.1) is 0 Å². The normalized spacial score (nSPS) is 14.4. The van der Waals surface area contributed by atoms with Crippen LogP contribution < -0.4 is 0 Å². The van der Waals surface area contributed by atoms with E-state index in [2.05, 4.69) is 100 Å². The first-order valence-electron chi connectivity index (χ1n) is 21.3. The highest BCUT2D eigenvalue weighted by atomic mass is 15.1. The molecule has 0 saturated heterocycles. The van der Waals surface area contributed by atoms with Crippen LogP contribution in [0.15, 0.2) is 188 Å². The van der Waals surface area contributed by atoms with Crippen LogP contribution in [0.2, 0.25) is 0 Å². The molecule has 0 amide bonds. The van der Waals surface area contributed by atoms with Gasteiger partial charge in [0.1, 0.15) is 0 Å². The van der Waals surface area contributed by atoms with Crippen LogP contribution >= 0.6 is 0 Å². The summed E-state index contributed by atoms with van der Waals surface area (Å²) in [6, 6.07) is 40.6. The van der Waals surface area contributed by atoms with Crippen LogP contribution in [-0.2, 0) is 0 Å². The molecule has 3 heteroatoms. The van der Waals surface area contributed by atoms with Crippen LogP contribution in [-0.4, -0.2) is 13.7 Å². The number of hydrogen-bond donors (Lipinski definition) is 0. The van der Waals surface area contributed by atoms with Crippen molar-refractivity contribution in [2.75, 3.05) is 0 Å². The minimum Gasteiger partial charge on any atom is -0.309 e. The fourth-order valence-corrected chi connectivity index (χ4v) is 7.89. The number of para-hydroxylation sites is 5. The van der Waals surface area contributed by atoms with Crippen molar-refractivity contribution in [3.05, 3.63) is 188 Å². The van der Waals surface area contributed by atoms with Gasteiger partial charge in [-0.05, 0) is 71.7 Å². The molecule has 0 saturated carbocycles. The standard InChI is InChI=1S/C48H31N3/c1-2-13-32(14-3-1)33-25-27-34(28-26-33)49-42-20-8-7-18-39(42)41-31-35(29-30-46(41)49)50-43-21-9-6-17-38(43)40-19-12-24-47(48(40)50)51-44-22-10-4-15-36(44)37-16-5-11-23-45(37)51/h1-31H/i1D,2D,3D,13D,14D,25D,26D,27D,28D. The van der Waals surface area contributed by atoms with Crippen molar-refractivity contribution >= 4 is 65.4 Å². The molecule has 238 valence electrons. The molecule has 11 rings (SSSR count). The lowest BCUT2D eigenvalue weighted by Crippen LogP contribution is -2.00. The predicted molar refractivity (Wildman–Crippen MR) is 215 cm³/mol. The maximum atomic E-state index is 9.31. The molecule has 11 aromatic rings. The molecule has 0 unspecified atom stereocenters. The van der Waals surface area contributed by atoms with Gasteiger partial charge >= 0.3 is 0 Å². The number of benzene rings is 8. The van der Waals surface area contributed by atoms with Crippen LogP contribution in [0.5, 0.6) is 0 Å². The molecule has 0 fully saturated rings. The lowest BCUT2D eigenvalue weighted by molar-refractivity contribution is 1.13. The van der Waals surface area contributed by atoms with E-state index in [1.54, 1.807) is 4.57 Å². The number of hydrogen-bond acceptors (Lipinski definition) is 0. The zero-order valence-corrected chi connectivity index (χ0v) is 27.0. The molecule has 0 atom stereocenters. The van der Waals surface area contributed by atoms with Crippen molar-refractivity contribution in [2.24, 2.45) is 0 Å². The smallest absolute Gasteiger partial charge is 0.0782 e. The third kappa shape index (κ3) is 4.06. The Hall–Kier alpha value is -6.84. The van der Waals surface area contributed by atoms with E-state index in [0.29, 0.717) is 11.0 Å². The van der Waals surface area contributed by atoms with Gasteiger partial charge in [-0.2, -0.15) is 0 Å². The Balaban J connectivity index is 1.19. The van der Waals surface area contributed by atoms with E-state index in [9.17, 15) is 2.74 Å². The van der Waals surface area contributed by atoms with Gasteiger partial charge in [0.25, 0.3) is 0 Å². The third-order valence-corrected chi connectivity index (χ3v) is 9.99. The van der Waals surface area contributed by atoms with E-state index >= 15 is 0 Å². The predicted octanol–water partition coefficient (Wildman–Crippen LogP) is 12.6. The second-order valence-corrected chi connectivity index (χ2v) is 12.7. The maximum absolute atomic E-state index is 9.31. The Morgan fingerprint density at radius 3 is 1.47 bits per heavy atom. The number of aromatic nitrogens is 3. The van der Waals surface area contributed by atoms with Crippen molar-refractivity contribution in [3.8, 4) is 28.2 Å². The fraction of sp³-hybridized carbons (Fsp3) is 0. The molecule has 0 aliphatic carbocycles. The minimum absolute atomic E-state index is 0.00872. The second-order valence-electron chi connectivity index (χ2n) is 12.7. The van der Waals surface area contributed by atoms with Crippen LogP contribution in [0.1, 0.15) is 12.3 Å². The molecular weight excluding hydrogens is 619 g/mol. The number of fused-ring (bicyclic) bond motifs is 9. The minimum atomic E-state index is -0.615. The lowest BCUT2D eigenvalue weighted by Gasteiger charge is -2.15. The average molecular weight is 659 g/mol. The highest BCUT2D eigenvalue weighted by Gasteiger charge is 2.21. The van der Waals surface area contributed by atoms with Crippen molar-refractivity contribution in [1.82, 2.24) is 13.7 Å². The van der Waals surface area contributed by atoms with Crippen molar-refractivity contribution in [1.29, 1.82) is 0 Å². The summed E-state index contributed by atoms with van der Waals surface area (Å²) in [4.78, 5) is 0. The molecule has 3 aromatic heterocycles. The van der Waals surface area contributed by atoms with E-state index in [1.807, 2.05) is 42.5 Å². The second kappa shape index (κ2) is 10.8. The first-order chi connectivity index (χ1) is 29.1. The number of nitrogens with zero attached hydrogens (tertiary/aromatic N) is 3. The number of rotatable bonds is 4. The Kier molecular flexibility index (Phi) is 4.38. The first kappa shape index (κ1) is 20.6. The zero-order chi connectivity index (χ0) is 41.3. The monoisotopic (exact) mass is 658 g/mol. The molecule has 0 bridgehead atoms. The third-order valence-electron chi connectivity index (χ3n) is 9.99. The summed E-state index contributed by atoms with van der Waals surface area (Å²) in [7, 11) is 0. The summed E-state index contributed by atoms with van der Waals surface area (Å²) in [5.41, 5.74) is 6.73. The van der Waals surface area contributed by atoms with Crippen molar-refractivity contribution in [2.45, 2.75) is 0 Å². The molecule has 51 heavy (non-hydrogen) atoms. The van der Waals surface area contributed by atoms with E-state index in [1.165, 1.54) is 0 Å². The molecular formula is C48H31N3. The van der Waals surface area contributed by atoms with E-state index in [4.69, 9.17) is 9.60 Å². The van der Waals surface area contributed by atoms with E-state index < -0.39 is 54.4 Å². The average Bonchev–Trinajstić information content (AvgIpc) is 3.91. The van der Waals surface area contributed by atoms with Crippen LogP contribution in [0.3, 0.4) is 0 Å². The summed E-state index contributed by atoms with van der Waals surface area (Å²) < 4.78 is 84.8. The van der Waals surface area contributed by atoms with Crippen molar-refractivity contribution in [3.63, 3.8) is 0 Å². The van der Waals surface area contributed by atoms with Gasteiger partial charge in [0.2, 0.25) is 0 Å². The molecule has 8 aromatic carbocycles.